The maximum atomic E-state index is 9.49. The highest BCUT2D eigenvalue weighted by molar-refractivity contribution is 14.0. The lowest BCUT2D eigenvalue weighted by atomic mass is 9.72. The molecule has 1 saturated heterocycles. The van der Waals surface area contributed by atoms with E-state index in [-0.39, 0.29) is 36.0 Å². The molecule has 0 aromatic carbocycles. The summed E-state index contributed by atoms with van der Waals surface area (Å²) in [5.41, 5.74) is 0.223. The predicted molar refractivity (Wildman–Crippen MR) is 131 cm³/mol. The third-order valence-electron chi connectivity index (χ3n) is 6.54. The highest BCUT2D eigenvalue weighted by atomic mass is 127. The molecule has 0 atom stereocenters. The first kappa shape index (κ1) is 26.0. The Balaban J connectivity index is 0.00000392. The first-order valence-corrected chi connectivity index (χ1v) is 11.5. The van der Waals surface area contributed by atoms with E-state index in [1.807, 2.05) is 0 Å². The van der Waals surface area contributed by atoms with E-state index in [2.05, 4.69) is 29.4 Å². The number of piperidine rings is 1. The molecule has 0 bridgehead atoms. The zero-order valence-electron chi connectivity index (χ0n) is 18.3. The van der Waals surface area contributed by atoms with Gasteiger partial charge in [0.05, 0.1) is 0 Å². The van der Waals surface area contributed by atoms with E-state index in [1.165, 1.54) is 77.4 Å². The second kappa shape index (κ2) is 14.8. The van der Waals surface area contributed by atoms with Crippen molar-refractivity contribution in [3.63, 3.8) is 0 Å². The number of guanidine groups is 1. The molecule has 1 heterocycles. The van der Waals surface area contributed by atoms with Crippen LogP contribution in [0.3, 0.4) is 0 Å². The lowest BCUT2D eigenvalue weighted by Gasteiger charge is -2.35. The van der Waals surface area contributed by atoms with E-state index in [1.54, 1.807) is 0 Å². The Morgan fingerprint density at radius 3 is 2.46 bits per heavy atom. The summed E-state index contributed by atoms with van der Waals surface area (Å²) in [5.74, 6) is 1.87. The van der Waals surface area contributed by atoms with Gasteiger partial charge in [-0.15, -0.1) is 24.0 Å². The fraction of sp³-hybridized carbons (Fsp3) is 0.955. The van der Waals surface area contributed by atoms with Gasteiger partial charge in [0.25, 0.3) is 0 Å². The number of rotatable bonds is 10. The molecule has 1 aliphatic heterocycles. The molecule has 2 rings (SSSR count). The maximum absolute atomic E-state index is 9.49. The molecule has 28 heavy (non-hydrogen) atoms. The molecule has 3 N–H and O–H groups in total. The Kier molecular flexibility index (Phi) is 13.7. The molecule has 0 aromatic rings. The van der Waals surface area contributed by atoms with Gasteiger partial charge in [-0.25, -0.2) is 0 Å². The van der Waals surface area contributed by atoms with Crippen LogP contribution >= 0.6 is 24.0 Å². The summed E-state index contributed by atoms with van der Waals surface area (Å²) in [7, 11) is 0. The Labute approximate surface area is 190 Å². The van der Waals surface area contributed by atoms with Crippen molar-refractivity contribution < 1.29 is 5.11 Å². The van der Waals surface area contributed by atoms with Crippen LogP contribution in [0.15, 0.2) is 4.99 Å². The summed E-state index contributed by atoms with van der Waals surface area (Å²) in [4.78, 5) is 7.52. The highest BCUT2D eigenvalue weighted by Gasteiger charge is 2.31. The lowest BCUT2D eigenvalue weighted by molar-refractivity contribution is 0.137. The van der Waals surface area contributed by atoms with Crippen LogP contribution in [0.4, 0.5) is 0 Å². The third-order valence-corrected chi connectivity index (χ3v) is 6.54. The second-order valence-electron chi connectivity index (χ2n) is 8.89. The van der Waals surface area contributed by atoms with Crippen LogP contribution < -0.4 is 10.6 Å². The minimum Gasteiger partial charge on any atom is -0.396 e. The molecule has 5 nitrogen and oxygen atoms in total. The summed E-state index contributed by atoms with van der Waals surface area (Å²) in [6, 6.07) is 0. The summed E-state index contributed by atoms with van der Waals surface area (Å²) in [6.07, 6.45) is 12.4. The van der Waals surface area contributed by atoms with Crippen LogP contribution in [0.25, 0.3) is 0 Å². The summed E-state index contributed by atoms with van der Waals surface area (Å²) in [6.45, 7) is 11.3. The number of aliphatic imine (C=N–C) groups is 1. The lowest BCUT2D eigenvalue weighted by Crippen LogP contribution is -2.40. The van der Waals surface area contributed by atoms with Crippen LogP contribution in [0.1, 0.15) is 78.1 Å². The zero-order valence-corrected chi connectivity index (χ0v) is 20.7. The molecule has 2 aliphatic rings. The first-order chi connectivity index (χ1) is 13.2. The van der Waals surface area contributed by atoms with Gasteiger partial charge in [0, 0.05) is 26.2 Å². The van der Waals surface area contributed by atoms with Crippen LogP contribution in [-0.4, -0.2) is 61.8 Å². The van der Waals surface area contributed by atoms with Crippen LogP contribution in [0, 0.1) is 11.3 Å². The van der Waals surface area contributed by atoms with Gasteiger partial charge in [0.15, 0.2) is 5.96 Å². The fourth-order valence-electron chi connectivity index (χ4n) is 4.57. The SMILES string of the molecule is CCNC(=NCC1(CCO)CCCCC1)NCCCCN1CCC(C)CC1.I. The van der Waals surface area contributed by atoms with Crippen molar-refractivity contribution in [3.05, 3.63) is 0 Å². The summed E-state index contributed by atoms with van der Waals surface area (Å²) in [5, 5.41) is 16.4. The maximum Gasteiger partial charge on any atom is 0.191 e. The first-order valence-electron chi connectivity index (χ1n) is 11.5. The molecule has 0 aromatic heterocycles. The Morgan fingerprint density at radius 1 is 1.11 bits per heavy atom. The molecule has 1 saturated carbocycles. The average Bonchev–Trinajstić information content (AvgIpc) is 2.68. The van der Waals surface area contributed by atoms with E-state index < -0.39 is 0 Å². The summed E-state index contributed by atoms with van der Waals surface area (Å²) < 4.78 is 0. The number of hydrogen-bond donors (Lipinski definition) is 3. The second-order valence-corrected chi connectivity index (χ2v) is 8.89. The van der Waals surface area contributed by atoms with Crippen molar-refractivity contribution >= 4 is 29.9 Å². The van der Waals surface area contributed by atoms with E-state index in [4.69, 9.17) is 4.99 Å². The van der Waals surface area contributed by atoms with Gasteiger partial charge >= 0.3 is 0 Å². The average molecular weight is 509 g/mol. The topological polar surface area (TPSA) is 59.9 Å². The molecule has 0 radical (unpaired) electrons. The number of likely N-dealkylation sites (tertiary alicyclic amines) is 1. The number of nitrogens with zero attached hydrogens (tertiary/aromatic N) is 2. The van der Waals surface area contributed by atoms with Gasteiger partial charge in [-0.3, -0.25) is 4.99 Å². The quantitative estimate of drug-likeness (QED) is 0.181. The number of unbranched alkanes of at least 4 members (excludes halogenated alkanes) is 1. The van der Waals surface area contributed by atoms with Gasteiger partial charge in [-0.05, 0) is 82.8 Å². The molecule has 6 heteroatoms. The number of aliphatic hydroxyl groups excluding tert-OH is 1. The van der Waals surface area contributed by atoms with Crippen molar-refractivity contribution in [1.82, 2.24) is 15.5 Å². The molecule has 0 amide bonds. The van der Waals surface area contributed by atoms with Gasteiger partial charge < -0.3 is 20.6 Å². The minimum atomic E-state index is 0. The van der Waals surface area contributed by atoms with Crippen molar-refractivity contribution in [3.8, 4) is 0 Å². The van der Waals surface area contributed by atoms with E-state index in [0.717, 1.165) is 37.9 Å². The zero-order chi connectivity index (χ0) is 19.4. The Hall–Kier alpha value is -0.0800. The number of nitrogens with one attached hydrogen (secondary N) is 2. The van der Waals surface area contributed by atoms with Crippen LogP contribution in [-0.2, 0) is 0 Å². The van der Waals surface area contributed by atoms with Crippen molar-refractivity contribution in [1.29, 1.82) is 0 Å². The fourth-order valence-corrected chi connectivity index (χ4v) is 4.57. The van der Waals surface area contributed by atoms with E-state index in [9.17, 15) is 5.11 Å². The van der Waals surface area contributed by atoms with Gasteiger partial charge in [-0.2, -0.15) is 0 Å². The number of aliphatic hydroxyl groups is 1. The monoisotopic (exact) mass is 508 g/mol. The molecule has 166 valence electrons. The largest absolute Gasteiger partial charge is 0.396 e. The van der Waals surface area contributed by atoms with Gasteiger partial charge in [-0.1, -0.05) is 26.2 Å². The molecule has 1 aliphatic carbocycles. The number of hydrogen-bond acceptors (Lipinski definition) is 3. The normalized spacial score (nSPS) is 21.2. The minimum absolute atomic E-state index is 0. The van der Waals surface area contributed by atoms with Crippen LogP contribution in [0.2, 0.25) is 0 Å². The summed E-state index contributed by atoms with van der Waals surface area (Å²) >= 11 is 0. The van der Waals surface area contributed by atoms with E-state index >= 15 is 0 Å². The highest BCUT2D eigenvalue weighted by Crippen LogP contribution is 2.39. The van der Waals surface area contributed by atoms with E-state index in [0.29, 0.717) is 0 Å². The number of halogens is 1. The van der Waals surface area contributed by atoms with Crippen molar-refractivity contribution in [2.24, 2.45) is 16.3 Å². The molecule has 2 fully saturated rings. The molecular formula is C22H45IN4O. The Morgan fingerprint density at radius 2 is 1.82 bits per heavy atom. The van der Waals surface area contributed by atoms with Crippen LogP contribution in [0.5, 0.6) is 0 Å². The molecular weight excluding hydrogens is 463 g/mol. The Bertz CT molecular complexity index is 413. The standard InChI is InChI=1S/C22H44N4O.HI/c1-3-23-21(25-19-22(13-18-27)11-5-4-6-12-22)24-14-7-8-15-26-16-9-20(2)10-17-26;/h20,27H,3-19H2,1-2H3,(H2,23,24,25);1H. The van der Waals surface area contributed by atoms with Gasteiger partial charge in [0.1, 0.15) is 0 Å². The molecule has 0 spiro atoms. The predicted octanol–water partition coefficient (Wildman–Crippen LogP) is 4.00. The van der Waals surface area contributed by atoms with Gasteiger partial charge in [0.2, 0.25) is 0 Å². The third kappa shape index (κ3) is 9.61. The molecule has 0 unspecified atom stereocenters. The smallest absolute Gasteiger partial charge is 0.191 e. The van der Waals surface area contributed by atoms with Crippen molar-refractivity contribution in [2.75, 3.05) is 45.9 Å². The van der Waals surface area contributed by atoms with Crippen molar-refractivity contribution in [2.45, 2.75) is 78.1 Å².